The van der Waals surface area contributed by atoms with E-state index in [-0.39, 0.29) is 11.4 Å². The highest BCUT2D eigenvalue weighted by molar-refractivity contribution is 7.87. The Morgan fingerprint density at radius 1 is 0.882 bits per heavy atom. The second kappa shape index (κ2) is 7.51. The van der Waals surface area contributed by atoms with Gasteiger partial charge in [0.2, 0.25) is 5.91 Å². The number of hydrogen-bond donors (Lipinski definition) is 1. The second-order valence-corrected chi connectivity index (χ2v) is 9.52. The monoisotopic (exact) mass is 478 g/mol. The topological polar surface area (TPSA) is 138 Å². The van der Waals surface area contributed by atoms with Crippen molar-refractivity contribution >= 4 is 33.6 Å². The molecule has 1 saturated heterocycles. The van der Waals surface area contributed by atoms with Gasteiger partial charge in [0.25, 0.3) is 5.91 Å². The van der Waals surface area contributed by atoms with Crippen LogP contribution in [0.25, 0.3) is 0 Å². The highest BCUT2D eigenvalue weighted by atomic mass is 32.2. The van der Waals surface area contributed by atoms with E-state index < -0.39 is 45.2 Å². The number of esters is 1. The number of imide groups is 1. The number of amides is 2. The summed E-state index contributed by atoms with van der Waals surface area (Å²) in [5.74, 6) is -2.41. The Morgan fingerprint density at radius 2 is 1.47 bits per heavy atom. The molecule has 3 aromatic carbocycles. The maximum Gasteiger partial charge on any atom is 0.340 e. The third kappa shape index (κ3) is 3.18. The molecular weight excluding hydrogens is 462 g/mol. The molecule has 2 heterocycles. The zero-order valence-corrected chi connectivity index (χ0v) is 18.2. The summed E-state index contributed by atoms with van der Waals surface area (Å²) >= 11 is 0. The first kappa shape index (κ1) is 21.8. The summed E-state index contributed by atoms with van der Waals surface area (Å²) in [4.78, 5) is 38.2. The van der Waals surface area contributed by atoms with E-state index in [1.165, 1.54) is 24.3 Å². The van der Waals surface area contributed by atoms with Gasteiger partial charge in [0, 0.05) is 16.7 Å². The van der Waals surface area contributed by atoms with E-state index in [1.807, 2.05) is 0 Å². The molecule has 0 bridgehead atoms. The van der Waals surface area contributed by atoms with Crippen molar-refractivity contribution in [3.63, 3.8) is 0 Å². The molecule has 9 nitrogen and oxygen atoms in total. The molecule has 0 saturated carbocycles. The molecule has 5 rings (SSSR count). The summed E-state index contributed by atoms with van der Waals surface area (Å²) in [5, 5.41) is 7.79. The summed E-state index contributed by atoms with van der Waals surface area (Å²) in [7, 11) is -4.98. The summed E-state index contributed by atoms with van der Waals surface area (Å²) in [5.41, 5.74) is 0.718. The zero-order chi connectivity index (χ0) is 24.3. The highest BCUT2D eigenvalue weighted by Crippen LogP contribution is 2.47. The van der Waals surface area contributed by atoms with E-state index in [0.29, 0.717) is 27.2 Å². The van der Waals surface area contributed by atoms with Crippen LogP contribution in [0.5, 0.6) is 5.75 Å². The molecule has 0 aliphatic carbocycles. The molecule has 3 aromatic rings. The van der Waals surface area contributed by atoms with Crippen molar-refractivity contribution in [3.8, 4) is 5.75 Å². The SMILES string of the molecule is [O]S(=O)(=O)C1CC(=O)N(c2ccc(C3(c4ccc(O)cc4)OC(=O)c4ccccc43)cc2)C1=O. The number of benzene rings is 3. The molecule has 2 amide bonds. The molecule has 2 aliphatic rings. The maximum absolute atomic E-state index is 12.7. The van der Waals surface area contributed by atoms with E-state index in [0.717, 1.165) is 0 Å². The van der Waals surface area contributed by atoms with Crippen LogP contribution in [0.4, 0.5) is 5.69 Å². The number of phenolic OH excluding ortho intramolecular Hbond substituents is 1. The minimum absolute atomic E-state index is 0.0285. The molecule has 2 unspecified atom stereocenters. The zero-order valence-electron chi connectivity index (χ0n) is 17.4. The molecule has 0 spiro atoms. The minimum atomic E-state index is -4.98. The Morgan fingerprint density at radius 3 is 2.06 bits per heavy atom. The Bertz CT molecular complexity index is 1450. The number of carbonyl (C=O) groups excluding carboxylic acids is 3. The number of nitrogens with zero attached hydrogens (tertiary/aromatic N) is 1. The lowest BCUT2D eigenvalue weighted by molar-refractivity contribution is -0.121. The van der Waals surface area contributed by atoms with Gasteiger partial charge in [-0.1, -0.05) is 47.0 Å². The van der Waals surface area contributed by atoms with Crippen molar-refractivity contribution in [3.05, 3.63) is 95.1 Å². The fourth-order valence-corrected chi connectivity index (χ4v) is 5.15. The van der Waals surface area contributed by atoms with Crippen LogP contribution in [-0.4, -0.2) is 36.6 Å². The van der Waals surface area contributed by atoms with Crippen molar-refractivity contribution in [1.29, 1.82) is 0 Å². The van der Waals surface area contributed by atoms with E-state index in [1.54, 1.807) is 48.5 Å². The third-order valence-corrected chi connectivity index (χ3v) is 7.10. The standard InChI is InChI=1S/C24H16NO8S/c26-17-11-7-15(8-12-17)24(19-4-2-1-3-18(19)23(29)33-24)14-5-9-16(10-6-14)25-21(27)13-20(22(25)28)34(30,31)32/h1-12,20,26H,13H2. The molecule has 0 aromatic heterocycles. The van der Waals surface area contributed by atoms with E-state index in [2.05, 4.69) is 0 Å². The average molecular weight is 478 g/mol. The van der Waals surface area contributed by atoms with Crippen LogP contribution in [0.15, 0.2) is 72.8 Å². The Hall–Kier alpha value is -4.02. The van der Waals surface area contributed by atoms with Crippen molar-refractivity contribution in [2.24, 2.45) is 0 Å². The predicted molar refractivity (Wildman–Crippen MR) is 117 cm³/mol. The fourth-order valence-electron chi connectivity index (χ4n) is 4.45. The first-order valence-electron chi connectivity index (χ1n) is 10.2. The summed E-state index contributed by atoms with van der Waals surface area (Å²) in [6, 6.07) is 19.0. The number of aromatic hydroxyl groups is 1. The molecule has 171 valence electrons. The van der Waals surface area contributed by atoms with Gasteiger partial charge >= 0.3 is 16.1 Å². The van der Waals surface area contributed by atoms with Crippen molar-refractivity contribution < 1.29 is 37.2 Å². The van der Waals surface area contributed by atoms with E-state index in [9.17, 15) is 32.5 Å². The van der Waals surface area contributed by atoms with Gasteiger partial charge in [0.05, 0.1) is 17.7 Å². The van der Waals surface area contributed by atoms with Crippen LogP contribution in [0.2, 0.25) is 0 Å². The molecule has 10 heteroatoms. The minimum Gasteiger partial charge on any atom is -0.508 e. The number of fused-ring (bicyclic) bond motifs is 1. The Labute approximate surface area is 194 Å². The molecule has 1 N–H and O–H groups in total. The fraction of sp³-hybridized carbons (Fsp3) is 0.125. The number of ether oxygens (including phenoxy) is 1. The number of phenols is 1. The molecular formula is C24H16NO8S. The molecule has 1 fully saturated rings. The predicted octanol–water partition coefficient (Wildman–Crippen LogP) is 2.25. The first-order chi connectivity index (χ1) is 16.1. The Kier molecular flexibility index (Phi) is 4.81. The van der Waals surface area contributed by atoms with Gasteiger partial charge in [-0.2, -0.15) is 8.42 Å². The summed E-state index contributed by atoms with van der Waals surface area (Å²) in [6.07, 6.45) is -0.713. The average Bonchev–Trinajstić information content (AvgIpc) is 3.28. The summed E-state index contributed by atoms with van der Waals surface area (Å²) < 4.78 is 39.9. The van der Waals surface area contributed by atoms with Crippen molar-refractivity contribution in [2.75, 3.05) is 4.90 Å². The van der Waals surface area contributed by atoms with Crippen LogP contribution >= 0.6 is 0 Å². The lowest BCUT2D eigenvalue weighted by Crippen LogP contribution is -2.34. The summed E-state index contributed by atoms with van der Waals surface area (Å²) in [6.45, 7) is 0. The van der Waals surface area contributed by atoms with Crippen molar-refractivity contribution in [2.45, 2.75) is 17.3 Å². The first-order valence-corrected chi connectivity index (χ1v) is 11.6. The number of rotatable bonds is 4. The molecule has 2 aliphatic heterocycles. The smallest absolute Gasteiger partial charge is 0.340 e. The van der Waals surface area contributed by atoms with Gasteiger partial charge in [-0.15, -0.1) is 0 Å². The van der Waals surface area contributed by atoms with Gasteiger partial charge in [0.1, 0.15) is 5.75 Å². The van der Waals surface area contributed by atoms with Crippen LogP contribution in [0, 0.1) is 0 Å². The van der Waals surface area contributed by atoms with Gasteiger partial charge < -0.3 is 9.84 Å². The van der Waals surface area contributed by atoms with Crippen LogP contribution in [0.1, 0.15) is 33.5 Å². The normalized spacial score (nSPS) is 22.1. The largest absolute Gasteiger partial charge is 0.508 e. The van der Waals surface area contributed by atoms with Crippen LogP contribution in [-0.2, 0) is 34.6 Å². The van der Waals surface area contributed by atoms with Gasteiger partial charge in [0.15, 0.2) is 10.9 Å². The van der Waals surface area contributed by atoms with Gasteiger partial charge in [-0.25, -0.2) is 9.69 Å². The number of carbonyl (C=O) groups is 3. The number of cyclic esters (lactones) is 1. The molecule has 2 atom stereocenters. The Balaban J connectivity index is 1.62. The van der Waals surface area contributed by atoms with Crippen LogP contribution < -0.4 is 4.90 Å². The van der Waals surface area contributed by atoms with Crippen molar-refractivity contribution in [1.82, 2.24) is 0 Å². The number of hydrogen-bond acceptors (Lipinski definition) is 7. The highest BCUT2D eigenvalue weighted by Gasteiger charge is 2.49. The molecule has 1 radical (unpaired) electrons. The second-order valence-electron chi connectivity index (χ2n) is 7.96. The lowest BCUT2D eigenvalue weighted by atomic mass is 9.80. The maximum atomic E-state index is 12.7. The lowest BCUT2D eigenvalue weighted by Gasteiger charge is -2.30. The van der Waals surface area contributed by atoms with E-state index >= 15 is 0 Å². The molecule has 34 heavy (non-hydrogen) atoms. The van der Waals surface area contributed by atoms with Gasteiger partial charge in [-0.05, 0) is 30.3 Å². The van der Waals surface area contributed by atoms with Gasteiger partial charge in [-0.3, -0.25) is 9.59 Å². The van der Waals surface area contributed by atoms with E-state index in [4.69, 9.17) is 4.74 Å². The number of anilines is 1. The quantitative estimate of drug-likeness (QED) is 0.448. The van der Waals surface area contributed by atoms with Crippen LogP contribution in [0.3, 0.4) is 0 Å². The third-order valence-electron chi connectivity index (χ3n) is 6.03.